The second-order valence-corrected chi connectivity index (χ2v) is 8.22. The van der Waals surface area contributed by atoms with E-state index < -0.39 is 0 Å². The van der Waals surface area contributed by atoms with Crippen LogP contribution in [-0.4, -0.2) is 37.6 Å². The molecule has 1 unspecified atom stereocenters. The summed E-state index contributed by atoms with van der Waals surface area (Å²) >= 11 is 0. The Bertz CT molecular complexity index is 1170. The number of aliphatic hydroxyl groups excluding tert-OH is 1. The van der Waals surface area contributed by atoms with Gasteiger partial charge in [-0.2, -0.15) is 5.10 Å². The lowest BCUT2D eigenvalue weighted by molar-refractivity contribution is 0.125. The first-order chi connectivity index (χ1) is 16.6. The molecule has 1 saturated heterocycles. The minimum Gasteiger partial charge on any atom is -0.390 e. The molecule has 5 rings (SSSR count). The van der Waals surface area contributed by atoms with E-state index in [-0.39, 0.29) is 6.61 Å². The van der Waals surface area contributed by atoms with Crippen molar-refractivity contribution < 1.29 is 9.84 Å². The highest BCUT2D eigenvalue weighted by Crippen LogP contribution is 2.25. The van der Waals surface area contributed by atoms with Gasteiger partial charge < -0.3 is 15.6 Å². The number of hydrogen-bond donors (Lipinski definition) is 2. The maximum atomic E-state index is 9.30. The average molecular weight is 462 g/mol. The first-order valence-electron chi connectivity index (χ1n) is 11.9. The molecule has 3 aromatic heterocycles. The van der Waals surface area contributed by atoms with Gasteiger partial charge in [0.25, 0.3) is 0 Å². The Balaban J connectivity index is 0.000000305. The largest absolute Gasteiger partial charge is 0.390 e. The van der Waals surface area contributed by atoms with Crippen molar-refractivity contribution in [3.05, 3.63) is 72.2 Å². The molecule has 4 aromatic rings. The van der Waals surface area contributed by atoms with Crippen molar-refractivity contribution in [1.82, 2.24) is 19.7 Å². The van der Waals surface area contributed by atoms with E-state index in [1.54, 1.807) is 16.9 Å². The number of aromatic nitrogens is 4. The van der Waals surface area contributed by atoms with Crippen molar-refractivity contribution in [2.45, 2.75) is 59.3 Å². The number of nitrogens with zero attached hydrogens (tertiary/aromatic N) is 4. The maximum Gasteiger partial charge on any atom is 0.154 e. The van der Waals surface area contributed by atoms with Crippen LogP contribution in [0.25, 0.3) is 28.0 Å². The van der Waals surface area contributed by atoms with Crippen molar-refractivity contribution in [3.63, 3.8) is 0 Å². The van der Waals surface area contributed by atoms with E-state index in [9.17, 15) is 5.11 Å². The van der Waals surface area contributed by atoms with Crippen LogP contribution in [0.1, 0.15) is 51.4 Å². The lowest BCUT2D eigenvalue weighted by Gasteiger charge is -2.07. The molecule has 0 bridgehead atoms. The molecule has 1 aliphatic rings. The van der Waals surface area contributed by atoms with Gasteiger partial charge in [0.2, 0.25) is 0 Å². The molecule has 0 amide bonds. The molecular weight excluding hydrogens is 426 g/mol. The van der Waals surface area contributed by atoms with Gasteiger partial charge in [0.1, 0.15) is 0 Å². The molecule has 1 fully saturated rings. The number of pyridine rings is 2. The summed E-state index contributed by atoms with van der Waals surface area (Å²) < 4.78 is 6.92. The molecule has 1 aliphatic heterocycles. The first-order valence-corrected chi connectivity index (χ1v) is 11.9. The minimum absolute atomic E-state index is 0.103. The fourth-order valence-corrected chi connectivity index (χ4v) is 3.53. The van der Waals surface area contributed by atoms with Gasteiger partial charge in [-0.05, 0) is 50.1 Å². The van der Waals surface area contributed by atoms with Crippen LogP contribution in [0.5, 0.6) is 0 Å². The third-order valence-electron chi connectivity index (χ3n) is 5.21. The van der Waals surface area contributed by atoms with Gasteiger partial charge in [0.15, 0.2) is 5.82 Å². The smallest absolute Gasteiger partial charge is 0.154 e. The molecule has 7 heteroatoms. The van der Waals surface area contributed by atoms with Crippen LogP contribution in [0.4, 0.5) is 0 Å². The number of ether oxygens (including phenoxy) is 1. The number of fused-ring (bicyclic) bond motifs is 1. The Morgan fingerprint density at radius 2 is 1.82 bits per heavy atom. The standard InChI is InChI=1S/C19H17N5O.C5H10O.C3H8/c20-10-15-3-1-5-17(22-15)13-7-8-14-11-21-24(18(14)9-13)19-6-2-4-16(12-25)23-19;1-5-3-2-4-6-5;1-3-2/h1-9,11,25H,10,12,20H2;5H,2-4H2,1H3;3H2,1-2H3. The maximum absolute atomic E-state index is 9.30. The van der Waals surface area contributed by atoms with Crippen LogP contribution in [0.15, 0.2) is 60.8 Å². The van der Waals surface area contributed by atoms with Crippen molar-refractivity contribution in [2.24, 2.45) is 5.73 Å². The molecule has 1 aromatic carbocycles. The number of hydrogen-bond acceptors (Lipinski definition) is 6. The summed E-state index contributed by atoms with van der Waals surface area (Å²) in [5.74, 6) is 0.669. The SMILES string of the molecule is CC1CCCO1.CCC.NCc1cccc(-c2ccc3cnn(-c4cccc(CO)n4)c3c2)n1. The van der Waals surface area contributed by atoms with Gasteiger partial charge in [0.05, 0.1) is 41.5 Å². The molecule has 34 heavy (non-hydrogen) atoms. The van der Waals surface area contributed by atoms with Crippen LogP contribution in [0.3, 0.4) is 0 Å². The summed E-state index contributed by atoms with van der Waals surface area (Å²) in [6, 6.07) is 17.4. The second-order valence-electron chi connectivity index (χ2n) is 8.22. The van der Waals surface area contributed by atoms with Gasteiger partial charge in [-0.1, -0.05) is 44.5 Å². The molecule has 0 spiro atoms. The van der Waals surface area contributed by atoms with E-state index in [0.29, 0.717) is 24.2 Å². The third kappa shape index (κ3) is 6.70. The molecule has 4 heterocycles. The summed E-state index contributed by atoms with van der Waals surface area (Å²) in [5, 5.41) is 14.8. The van der Waals surface area contributed by atoms with Crippen molar-refractivity contribution in [3.8, 4) is 17.1 Å². The fourth-order valence-electron chi connectivity index (χ4n) is 3.53. The average Bonchev–Trinajstić information content (AvgIpc) is 3.53. The molecule has 1 atom stereocenters. The summed E-state index contributed by atoms with van der Waals surface area (Å²) in [5.41, 5.74) is 9.94. The van der Waals surface area contributed by atoms with E-state index in [2.05, 4.69) is 35.8 Å². The van der Waals surface area contributed by atoms with Crippen molar-refractivity contribution in [2.75, 3.05) is 6.61 Å². The van der Waals surface area contributed by atoms with Crippen LogP contribution >= 0.6 is 0 Å². The zero-order valence-corrected chi connectivity index (χ0v) is 20.3. The molecule has 0 aliphatic carbocycles. The van der Waals surface area contributed by atoms with E-state index in [1.165, 1.54) is 19.3 Å². The number of rotatable bonds is 4. The monoisotopic (exact) mass is 461 g/mol. The summed E-state index contributed by atoms with van der Waals surface area (Å²) in [4.78, 5) is 9.01. The van der Waals surface area contributed by atoms with E-state index in [0.717, 1.165) is 34.5 Å². The Labute approximate surface area is 201 Å². The number of aliphatic hydroxyl groups is 1. The van der Waals surface area contributed by atoms with Gasteiger partial charge in [0, 0.05) is 24.1 Å². The van der Waals surface area contributed by atoms with Gasteiger partial charge >= 0.3 is 0 Å². The van der Waals surface area contributed by atoms with Crippen LogP contribution in [0.2, 0.25) is 0 Å². The summed E-state index contributed by atoms with van der Waals surface area (Å²) in [6.07, 6.45) is 6.13. The predicted octanol–water partition coefficient (Wildman–Crippen LogP) is 5.04. The van der Waals surface area contributed by atoms with Gasteiger partial charge in [-0.25, -0.2) is 9.67 Å². The van der Waals surface area contributed by atoms with Crippen molar-refractivity contribution in [1.29, 1.82) is 0 Å². The van der Waals surface area contributed by atoms with Crippen molar-refractivity contribution >= 4 is 10.9 Å². The van der Waals surface area contributed by atoms with E-state index in [4.69, 9.17) is 10.5 Å². The molecule has 0 radical (unpaired) electrons. The van der Waals surface area contributed by atoms with E-state index in [1.807, 2.05) is 48.5 Å². The Morgan fingerprint density at radius 3 is 2.47 bits per heavy atom. The lowest BCUT2D eigenvalue weighted by atomic mass is 10.1. The lowest BCUT2D eigenvalue weighted by Crippen LogP contribution is -2.02. The van der Waals surface area contributed by atoms with Crippen LogP contribution < -0.4 is 5.73 Å². The molecule has 3 N–H and O–H groups in total. The fraction of sp³-hybridized carbons (Fsp3) is 0.370. The highest BCUT2D eigenvalue weighted by molar-refractivity contribution is 5.84. The Hall–Kier alpha value is -3.13. The van der Waals surface area contributed by atoms with Gasteiger partial charge in [-0.3, -0.25) is 4.98 Å². The number of nitrogens with two attached hydrogens (primary N) is 1. The van der Waals surface area contributed by atoms with Gasteiger partial charge in [-0.15, -0.1) is 0 Å². The van der Waals surface area contributed by atoms with Crippen LogP contribution in [-0.2, 0) is 17.9 Å². The topological polar surface area (TPSA) is 99.1 Å². The normalized spacial score (nSPS) is 14.8. The second kappa shape index (κ2) is 12.9. The highest BCUT2D eigenvalue weighted by Gasteiger charge is 2.10. The Morgan fingerprint density at radius 1 is 1.06 bits per heavy atom. The van der Waals surface area contributed by atoms with Crippen LogP contribution in [0, 0.1) is 0 Å². The Kier molecular flexibility index (Phi) is 9.70. The first kappa shape index (κ1) is 25.5. The molecule has 0 saturated carbocycles. The molecule has 180 valence electrons. The molecule has 7 nitrogen and oxygen atoms in total. The summed E-state index contributed by atoms with van der Waals surface area (Å²) in [6.45, 7) is 7.66. The number of benzene rings is 1. The minimum atomic E-state index is -0.103. The molecular formula is C27H35N5O2. The quantitative estimate of drug-likeness (QED) is 0.442. The zero-order valence-electron chi connectivity index (χ0n) is 20.3. The third-order valence-corrected chi connectivity index (χ3v) is 5.21. The zero-order chi connectivity index (χ0) is 24.3. The van der Waals surface area contributed by atoms with E-state index >= 15 is 0 Å². The summed E-state index contributed by atoms with van der Waals surface area (Å²) in [7, 11) is 0. The highest BCUT2D eigenvalue weighted by atomic mass is 16.5. The predicted molar refractivity (Wildman–Crippen MR) is 137 cm³/mol.